The summed E-state index contributed by atoms with van der Waals surface area (Å²) in [6.45, 7) is 4.56. The number of aromatic nitrogens is 1. The Morgan fingerprint density at radius 1 is 0.947 bits per heavy atom. The number of carbonyl (C=O) groups excluding carboxylic acids is 3. The van der Waals surface area contributed by atoms with Gasteiger partial charge in [0.1, 0.15) is 12.1 Å². The van der Waals surface area contributed by atoms with E-state index in [4.69, 9.17) is 9.47 Å². The molecule has 38 heavy (non-hydrogen) atoms. The van der Waals surface area contributed by atoms with Gasteiger partial charge in [0, 0.05) is 24.2 Å². The van der Waals surface area contributed by atoms with Crippen molar-refractivity contribution in [2.45, 2.75) is 39.5 Å². The topological polar surface area (TPSA) is 110 Å². The normalized spacial score (nSPS) is 10.9. The fourth-order valence-corrected chi connectivity index (χ4v) is 3.90. The molecule has 9 nitrogen and oxygen atoms in total. The first kappa shape index (κ1) is 30.6. The smallest absolute Gasteiger partial charge is 0.413 e. The monoisotopic (exact) mass is 604 g/mol. The summed E-state index contributed by atoms with van der Waals surface area (Å²) >= 11 is 3.45. The first-order valence-corrected chi connectivity index (χ1v) is 12.7. The molecule has 0 radical (unpaired) electrons. The predicted octanol–water partition coefficient (Wildman–Crippen LogP) is 2.27. The van der Waals surface area contributed by atoms with E-state index in [1.165, 1.54) is 6.92 Å². The van der Waals surface area contributed by atoms with Gasteiger partial charge < -0.3 is 27.2 Å². The second-order valence-electron chi connectivity index (χ2n) is 8.20. The highest BCUT2D eigenvalue weighted by molar-refractivity contribution is 9.10. The number of rotatable bonds is 10. The molecule has 3 N–H and O–H groups in total. The molecule has 0 aliphatic rings. The minimum absolute atomic E-state index is 0. The summed E-state index contributed by atoms with van der Waals surface area (Å²) in [6.07, 6.45) is 2.95. The molecule has 0 bridgehead atoms. The highest BCUT2D eigenvalue weighted by Crippen LogP contribution is 2.14. The zero-order chi connectivity index (χ0) is 26.6. The SMILES string of the molecule is CCC[n+]1cc(Br)cc(C(=O)Nc2ccc(CCOC(=O)NC(C)OC(=O)Nc3ccccc3)cc2)c1.[Cl-]. The van der Waals surface area contributed by atoms with Crippen molar-refractivity contribution >= 4 is 45.4 Å². The van der Waals surface area contributed by atoms with Gasteiger partial charge in [0.2, 0.25) is 0 Å². The van der Waals surface area contributed by atoms with Crippen LogP contribution in [-0.2, 0) is 22.4 Å². The Kier molecular flexibility index (Phi) is 12.5. The maximum Gasteiger partial charge on any atom is 0.413 e. The number of para-hydroxylation sites is 1. The van der Waals surface area contributed by atoms with Crippen molar-refractivity contribution in [3.05, 3.63) is 88.7 Å². The number of carbonyl (C=O) groups is 3. The second-order valence-corrected chi connectivity index (χ2v) is 9.12. The largest absolute Gasteiger partial charge is 1.00 e. The van der Waals surface area contributed by atoms with E-state index in [1.807, 2.05) is 35.2 Å². The van der Waals surface area contributed by atoms with Crippen LogP contribution in [0.3, 0.4) is 0 Å². The van der Waals surface area contributed by atoms with Gasteiger partial charge in [0.25, 0.3) is 5.91 Å². The predicted molar refractivity (Wildman–Crippen MR) is 143 cm³/mol. The van der Waals surface area contributed by atoms with Gasteiger partial charge in [-0.05, 0) is 58.7 Å². The number of aryl methyl sites for hydroxylation is 1. The molecule has 1 aromatic heterocycles. The van der Waals surface area contributed by atoms with E-state index in [2.05, 4.69) is 38.8 Å². The van der Waals surface area contributed by atoms with Crippen molar-refractivity contribution in [3.8, 4) is 0 Å². The summed E-state index contributed by atoms with van der Waals surface area (Å²) in [5.41, 5.74) is 2.73. The Hall–Kier alpha value is -3.63. The molecule has 0 saturated carbocycles. The van der Waals surface area contributed by atoms with Crippen molar-refractivity contribution in [1.82, 2.24) is 5.32 Å². The second kappa shape index (κ2) is 15.6. The average molecular weight is 606 g/mol. The number of nitrogens with zero attached hydrogens (tertiary/aromatic N) is 1. The molecule has 0 fully saturated rings. The third kappa shape index (κ3) is 10.4. The van der Waals surface area contributed by atoms with Crippen LogP contribution in [0.5, 0.6) is 0 Å². The van der Waals surface area contributed by atoms with Crippen LogP contribution in [0.1, 0.15) is 36.2 Å². The number of hydrogen-bond acceptors (Lipinski definition) is 5. The van der Waals surface area contributed by atoms with Crippen LogP contribution in [0.2, 0.25) is 0 Å². The van der Waals surface area contributed by atoms with Gasteiger partial charge in [-0.2, -0.15) is 0 Å². The van der Waals surface area contributed by atoms with Crippen molar-refractivity contribution < 1.29 is 40.8 Å². The summed E-state index contributed by atoms with van der Waals surface area (Å²) in [5.74, 6) is -0.201. The van der Waals surface area contributed by atoms with Crippen LogP contribution in [0.15, 0.2) is 77.5 Å². The van der Waals surface area contributed by atoms with Crippen molar-refractivity contribution in [2.75, 3.05) is 17.2 Å². The number of hydrogen-bond donors (Lipinski definition) is 3. The highest BCUT2D eigenvalue weighted by Gasteiger charge is 2.14. The minimum Gasteiger partial charge on any atom is -1.00 e. The molecule has 3 amide bonds. The van der Waals surface area contributed by atoms with Crippen molar-refractivity contribution in [2.24, 2.45) is 0 Å². The number of anilines is 2. The van der Waals surface area contributed by atoms with Crippen LogP contribution in [0, 0.1) is 0 Å². The van der Waals surface area contributed by atoms with E-state index in [0.29, 0.717) is 23.4 Å². The third-order valence-electron chi connectivity index (χ3n) is 5.09. The van der Waals surface area contributed by atoms with Gasteiger partial charge in [-0.1, -0.05) is 37.3 Å². The molecular weight excluding hydrogens is 576 g/mol. The van der Waals surface area contributed by atoms with Crippen LogP contribution >= 0.6 is 15.9 Å². The van der Waals surface area contributed by atoms with E-state index < -0.39 is 18.4 Å². The maximum atomic E-state index is 12.7. The van der Waals surface area contributed by atoms with Crippen molar-refractivity contribution in [1.29, 1.82) is 0 Å². The van der Waals surface area contributed by atoms with Gasteiger partial charge in [0.15, 0.2) is 18.6 Å². The summed E-state index contributed by atoms with van der Waals surface area (Å²) in [7, 11) is 0. The number of pyridine rings is 1. The first-order valence-electron chi connectivity index (χ1n) is 11.9. The van der Waals surface area contributed by atoms with Gasteiger partial charge >= 0.3 is 12.2 Å². The Bertz CT molecular complexity index is 1210. The molecule has 202 valence electrons. The molecule has 3 aromatic rings. The van der Waals surface area contributed by atoms with E-state index in [9.17, 15) is 14.4 Å². The molecule has 11 heteroatoms. The van der Waals surface area contributed by atoms with Gasteiger partial charge in [-0.15, -0.1) is 0 Å². The van der Waals surface area contributed by atoms with E-state index in [-0.39, 0.29) is 24.9 Å². The zero-order valence-corrected chi connectivity index (χ0v) is 23.4. The number of nitrogens with one attached hydrogen (secondary N) is 3. The van der Waals surface area contributed by atoms with E-state index >= 15 is 0 Å². The fraction of sp³-hybridized carbons (Fsp3) is 0.259. The Balaban J connectivity index is 0.00000507. The Morgan fingerprint density at radius 2 is 1.63 bits per heavy atom. The number of benzene rings is 2. The summed E-state index contributed by atoms with van der Waals surface area (Å²) in [5, 5.41) is 7.91. The lowest BCUT2D eigenvalue weighted by atomic mass is 10.1. The molecule has 0 aliphatic carbocycles. The molecule has 1 atom stereocenters. The van der Waals surface area contributed by atoms with Gasteiger partial charge in [0.05, 0.1) is 11.1 Å². The molecule has 1 heterocycles. The average Bonchev–Trinajstić information content (AvgIpc) is 2.85. The summed E-state index contributed by atoms with van der Waals surface area (Å²) in [4.78, 5) is 36.5. The fourth-order valence-electron chi connectivity index (χ4n) is 3.39. The zero-order valence-electron chi connectivity index (χ0n) is 21.1. The molecule has 0 saturated heterocycles. The number of halogens is 2. The van der Waals surface area contributed by atoms with Crippen molar-refractivity contribution in [3.63, 3.8) is 0 Å². The number of alkyl carbamates (subject to hydrolysis) is 1. The van der Waals surface area contributed by atoms with E-state index in [0.717, 1.165) is 23.0 Å². The third-order valence-corrected chi connectivity index (χ3v) is 5.53. The maximum absolute atomic E-state index is 12.7. The molecule has 0 aliphatic heterocycles. The lowest BCUT2D eigenvalue weighted by molar-refractivity contribution is -0.697. The van der Waals surface area contributed by atoms with Crippen LogP contribution in [-0.4, -0.2) is 30.9 Å². The number of ether oxygens (including phenoxy) is 2. The minimum atomic E-state index is -0.874. The summed E-state index contributed by atoms with van der Waals surface area (Å²) < 4.78 is 13.1. The standard InChI is InChI=1S/C27H29BrN4O5.ClH/c1-3-14-32-17-21(16-22(28)18-32)25(33)30-24-11-9-20(10-12-24)13-15-36-26(34)29-19(2)37-27(35)31-23-7-5-4-6-8-23;/h4-12,16-19H,3,13-15H2,1-2H3,(H2-,29,30,31,33,34,35);1H. The molecular formula is C27H30BrClN4O5. The molecule has 2 aromatic carbocycles. The molecule has 1 unspecified atom stereocenters. The Labute approximate surface area is 236 Å². The Morgan fingerprint density at radius 3 is 2.32 bits per heavy atom. The number of amides is 3. The molecule has 3 rings (SSSR count). The summed E-state index contributed by atoms with van der Waals surface area (Å²) in [6, 6.07) is 17.9. The molecule has 0 spiro atoms. The highest BCUT2D eigenvalue weighted by atomic mass is 79.9. The first-order chi connectivity index (χ1) is 17.8. The van der Waals surface area contributed by atoms with Gasteiger partial charge in [-0.3, -0.25) is 15.4 Å². The van der Waals surface area contributed by atoms with Gasteiger partial charge in [-0.25, -0.2) is 14.2 Å². The quantitative estimate of drug-likeness (QED) is 0.243. The van der Waals surface area contributed by atoms with Crippen LogP contribution in [0.4, 0.5) is 21.0 Å². The van der Waals surface area contributed by atoms with Crippen LogP contribution in [0.25, 0.3) is 0 Å². The van der Waals surface area contributed by atoms with Crippen LogP contribution < -0.4 is 32.9 Å². The van der Waals surface area contributed by atoms with E-state index in [1.54, 1.807) is 42.5 Å². The lowest BCUT2D eigenvalue weighted by Crippen LogP contribution is -3.00. The lowest BCUT2D eigenvalue weighted by Gasteiger charge is -2.15.